The Hall–Kier alpha value is -2.15. The van der Waals surface area contributed by atoms with Gasteiger partial charge in [-0.15, -0.1) is 0 Å². The number of fused-ring (bicyclic) bond motifs is 1. The minimum atomic E-state index is 0.0217. The lowest BCUT2D eigenvalue weighted by Crippen LogP contribution is -2.40. The van der Waals surface area contributed by atoms with Gasteiger partial charge in [0.15, 0.2) is 0 Å². The Balaban J connectivity index is 1.90. The van der Waals surface area contributed by atoms with Gasteiger partial charge in [0.1, 0.15) is 5.69 Å². The van der Waals surface area contributed by atoms with E-state index in [9.17, 15) is 4.79 Å². The van der Waals surface area contributed by atoms with Crippen LogP contribution in [0.2, 0.25) is 0 Å². The van der Waals surface area contributed by atoms with Crippen molar-refractivity contribution in [2.75, 3.05) is 20.3 Å². The van der Waals surface area contributed by atoms with E-state index < -0.39 is 0 Å². The quantitative estimate of drug-likeness (QED) is 0.838. The van der Waals surface area contributed by atoms with E-state index in [2.05, 4.69) is 17.1 Å². The molecule has 0 spiro atoms. The molecule has 1 amide bonds. The predicted molar refractivity (Wildman–Crippen MR) is 89.9 cm³/mol. The van der Waals surface area contributed by atoms with Gasteiger partial charge in [0.2, 0.25) is 0 Å². The Morgan fingerprint density at radius 3 is 2.79 bits per heavy atom. The summed E-state index contributed by atoms with van der Waals surface area (Å²) in [6.45, 7) is 9.24. The van der Waals surface area contributed by atoms with Crippen LogP contribution in [0.5, 0.6) is 0 Å². The first kappa shape index (κ1) is 16.7. The van der Waals surface area contributed by atoms with Crippen LogP contribution in [0, 0.1) is 6.92 Å². The van der Waals surface area contributed by atoms with Gasteiger partial charge >= 0.3 is 0 Å². The van der Waals surface area contributed by atoms with Crippen molar-refractivity contribution in [3.05, 3.63) is 34.9 Å². The summed E-state index contributed by atoms with van der Waals surface area (Å²) in [7, 11) is 1.69. The fraction of sp³-hybridized carbons (Fsp3) is 0.588. The molecule has 2 aromatic heterocycles. The second kappa shape index (κ2) is 6.76. The third kappa shape index (κ3) is 2.96. The van der Waals surface area contributed by atoms with Gasteiger partial charge in [-0.3, -0.25) is 14.2 Å². The molecule has 0 fully saturated rings. The minimum Gasteiger partial charge on any atom is -0.384 e. The van der Waals surface area contributed by atoms with Crippen molar-refractivity contribution in [3.8, 4) is 0 Å². The summed E-state index contributed by atoms with van der Waals surface area (Å²) < 4.78 is 9.06. The van der Waals surface area contributed by atoms with Gasteiger partial charge in [-0.25, -0.2) is 0 Å². The van der Waals surface area contributed by atoms with Crippen molar-refractivity contribution in [2.24, 2.45) is 0 Å². The van der Waals surface area contributed by atoms with Crippen molar-refractivity contribution in [2.45, 2.75) is 46.3 Å². The molecule has 0 aromatic carbocycles. The number of ether oxygens (including phenoxy) is 1. The molecule has 0 bridgehead atoms. The number of carbonyl (C=O) groups is 1. The molecule has 3 rings (SSSR count). The monoisotopic (exact) mass is 331 g/mol. The van der Waals surface area contributed by atoms with E-state index in [1.807, 2.05) is 35.7 Å². The first-order valence-electron chi connectivity index (χ1n) is 8.46. The van der Waals surface area contributed by atoms with E-state index >= 15 is 0 Å². The van der Waals surface area contributed by atoms with Crippen LogP contribution in [0.3, 0.4) is 0 Å². The Labute approximate surface area is 142 Å². The Morgan fingerprint density at radius 2 is 2.12 bits per heavy atom. The van der Waals surface area contributed by atoms with Crippen LogP contribution in [0.4, 0.5) is 0 Å². The Morgan fingerprint density at radius 1 is 1.33 bits per heavy atom. The van der Waals surface area contributed by atoms with Gasteiger partial charge in [-0.05, 0) is 26.8 Å². The fourth-order valence-corrected chi connectivity index (χ4v) is 3.34. The molecule has 0 saturated carbocycles. The van der Waals surface area contributed by atoms with Crippen molar-refractivity contribution in [3.63, 3.8) is 0 Å². The molecule has 0 N–H and O–H groups in total. The number of rotatable bonds is 5. The average Bonchev–Trinajstić information content (AvgIpc) is 3.17. The molecule has 1 atom stereocenters. The van der Waals surface area contributed by atoms with E-state index in [1.54, 1.807) is 11.8 Å². The fourth-order valence-electron chi connectivity index (χ4n) is 3.34. The third-order valence-electron chi connectivity index (χ3n) is 4.46. The smallest absolute Gasteiger partial charge is 0.272 e. The lowest BCUT2D eigenvalue weighted by atomic mass is 9.97. The second-order valence-corrected chi connectivity index (χ2v) is 6.22. The standard InChI is InChI=1S/C17H25N5O2/c1-5-21-10-13-8-20(9-14(11-24-4)16(13)19-21)17(23)15-7-12(3)18-22(15)6-2/h7,10,14H,5-6,8-9,11H2,1-4H3/t14-/m1/s1. The molecule has 1 aliphatic rings. The van der Waals surface area contributed by atoms with Gasteiger partial charge < -0.3 is 9.64 Å². The number of hydrogen-bond donors (Lipinski definition) is 0. The minimum absolute atomic E-state index is 0.0217. The van der Waals surface area contributed by atoms with Crippen LogP contribution < -0.4 is 0 Å². The van der Waals surface area contributed by atoms with Crippen LogP contribution in [0.25, 0.3) is 0 Å². The summed E-state index contributed by atoms with van der Waals surface area (Å²) in [4.78, 5) is 14.9. The summed E-state index contributed by atoms with van der Waals surface area (Å²) in [5.74, 6) is 0.128. The van der Waals surface area contributed by atoms with Gasteiger partial charge in [-0.2, -0.15) is 10.2 Å². The SMILES string of the molecule is CCn1cc2c(n1)[C@@H](COC)CN(C(=O)c1cc(C)nn1CC)C2. The van der Waals surface area contributed by atoms with Crippen LogP contribution in [0.15, 0.2) is 12.3 Å². The lowest BCUT2D eigenvalue weighted by Gasteiger charge is -2.31. The first-order chi connectivity index (χ1) is 11.6. The number of aromatic nitrogens is 4. The largest absolute Gasteiger partial charge is 0.384 e. The maximum Gasteiger partial charge on any atom is 0.272 e. The molecule has 0 aliphatic carbocycles. The lowest BCUT2D eigenvalue weighted by molar-refractivity contribution is 0.0666. The van der Waals surface area contributed by atoms with Crippen molar-refractivity contribution in [1.82, 2.24) is 24.5 Å². The van der Waals surface area contributed by atoms with Gasteiger partial charge in [0.05, 0.1) is 18.0 Å². The maximum atomic E-state index is 13.0. The van der Waals surface area contributed by atoms with E-state index in [-0.39, 0.29) is 11.8 Å². The van der Waals surface area contributed by atoms with Crippen molar-refractivity contribution in [1.29, 1.82) is 0 Å². The summed E-state index contributed by atoms with van der Waals surface area (Å²) in [6.07, 6.45) is 2.04. The summed E-state index contributed by atoms with van der Waals surface area (Å²) in [6, 6.07) is 1.86. The molecule has 130 valence electrons. The number of carbonyl (C=O) groups excluding carboxylic acids is 1. The summed E-state index contributed by atoms with van der Waals surface area (Å²) >= 11 is 0. The normalized spacial score (nSPS) is 17.2. The van der Waals surface area contributed by atoms with Crippen molar-refractivity contribution < 1.29 is 9.53 Å². The molecule has 1 aliphatic heterocycles. The van der Waals surface area contributed by atoms with Crippen LogP contribution >= 0.6 is 0 Å². The molecule has 2 aromatic rings. The zero-order valence-corrected chi connectivity index (χ0v) is 14.8. The number of nitrogens with zero attached hydrogens (tertiary/aromatic N) is 5. The Bertz CT molecular complexity index is 733. The molecule has 0 unspecified atom stereocenters. The molecular weight excluding hydrogens is 306 g/mol. The summed E-state index contributed by atoms with van der Waals surface area (Å²) in [5.41, 5.74) is 3.68. The van der Waals surface area contributed by atoms with E-state index in [0.717, 1.165) is 23.5 Å². The van der Waals surface area contributed by atoms with E-state index in [0.29, 0.717) is 31.9 Å². The Kier molecular flexibility index (Phi) is 4.71. The van der Waals surface area contributed by atoms with Gasteiger partial charge in [0.25, 0.3) is 5.91 Å². The summed E-state index contributed by atoms with van der Waals surface area (Å²) in [5, 5.41) is 9.04. The van der Waals surface area contributed by atoms with Crippen LogP contribution in [-0.2, 0) is 24.4 Å². The first-order valence-corrected chi connectivity index (χ1v) is 8.46. The topological polar surface area (TPSA) is 65.2 Å². The molecule has 3 heterocycles. The number of methoxy groups -OCH3 is 1. The second-order valence-electron chi connectivity index (χ2n) is 6.22. The molecule has 7 heteroatoms. The molecule has 0 saturated heterocycles. The van der Waals surface area contributed by atoms with Crippen LogP contribution in [-0.4, -0.2) is 50.6 Å². The maximum absolute atomic E-state index is 13.0. The number of hydrogen-bond acceptors (Lipinski definition) is 4. The predicted octanol–water partition coefficient (Wildman–Crippen LogP) is 1.81. The number of aryl methyl sites for hydroxylation is 3. The molecule has 24 heavy (non-hydrogen) atoms. The van der Waals surface area contributed by atoms with E-state index in [1.165, 1.54) is 0 Å². The molecular formula is C17H25N5O2. The molecule has 0 radical (unpaired) electrons. The van der Waals surface area contributed by atoms with E-state index in [4.69, 9.17) is 4.74 Å². The highest BCUT2D eigenvalue weighted by molar-refractivity contribution is 5.93. The average molecular weight is 331 g/mol. The highest BCUT2D eigenvalue weighted by atomic mass is 16.5. The zero-order valence-electron chi connectivity index (χ0n) is 14.8. The van der Waals surface area contributed by atoms with Crippen LogP contribution in [0.1, 0.15) is 47.2 Å². The van der Waals surface area contributed by atoms with Gasteiger partial charge in [-0.1, -0.05) is 0 Å². The third-order valence-corrected chi connectivity index (χ3v) is 4.46. The highest BCUT2D eigenvalue weighted by Crippen LogP contribution is 2.28. The van der Waals surface area contributed by atoms with Gasteiger partial charge in [0, 0.05) is 51.0 Å². The zero-order chi connectivity index (χ0) is 17.3. The van der Waals surface area contributed by atoms with Crippen molar-refractivity contribution >= 4 is 5.91 Å². The number of amides is 1. The molecule has 7 nitrogen and oxygen atoms in total. The highest BCUT2D eigenvalue weighted by Gasteiger charge is 2.32.